The minimum atomic E-state index is -4.47. The molecule has 3 rings (SSSR count). The molecule has 0 radical (unpaired) electrons. The predicted molar refractivity (Wildman–Crippen MR) is 86.1 cm³/mol. The van der Waals surface area contributed by atoms with E-state index >= 15 is 0 Å². The Labute approximate surface area is 144 Å². The first-order valence-corrected chi connectivity index (χ1v) is 8.43. The largest absolute Gasteiger partial charge is 0.435 e. The zero-order valence-electron chi connectivity index (χ0n) is 14.0. The van der Waals surface area contributed by atoms with Gasteiger partial charge in [-0.05, 0) is 43.2 Å². The van der Waals surface area contributed by atoms with Crippen molar-refractivity contribution in [1.82, 2.24) is 14.8 Å². The van der Waals surface area contributed by atoms with Crippen LogP contribution >= 0.6 is 0 Å². The van der Waals surface area contributed by atoms with E-state index in [0.717, 1.165) is 18.4 Å². The first-order valence-electron chi connectivity index (χ1n) is 8.43. The Morgan fingerprint density at radius 2 is 2.08 bits per heavy atom. The molecule has 1 unspecified atom stereocenters. The number of carbonyl (C=O) groups is 1. The van der Waals surface area contributed by atoms with Crippen molar-refractivity contribution in [2.24, 2.45) is 0 Å². The molecule has 1 aliphatic rings. The zero-order valence-corrected chi connectivity index (χ0v) is 14.0. The fourth-order valence-corrected chi connectivity index (χ4v) is 3.39. The summed E-state index contributed by atoms with van der Waals surface area (Å²) in [5.41, 5.74) is 0.956. The number of pyridine rings is 1. The van der Waals surface area contributed by atoms with Crippen LogP contribution in [-0.4, -0.2) is 20.5 Å². The van der Waals surface area contributed by atoms with Gasteiger partial charge in [0.25, 0.3) is 0 Å². The number of hydrogen-bond donors (Lipinski definition) is 0. The molecule has 2 aromatic heterocycles. The Morgan fingerprint density at radius 3 is 2.76 bits per heavy atom. The van der Waals surface area contributed by atoms with Gasteiger partial charge in [-0.15, -0.1) is 0 Å². The number of nitrogens with zero attached hydrogens (tertiary/aromatic N) is 3. The van der Waals surface area contributed by atoms with Gasteiger partial charge in [-0.3, -0.25) is 14.5 Å². The molecule has 1 aliphatic carbocycles. The van der Waals surface area contributed by atoms with Crippen LogP contribution in [0.4, 0.5) is 13.2 Å². The third-order valence-corrected chi connectivity index (χ3v) is 4.64. The third-order valence-electron chi connectivity index (χ3n) is 4.64. The van der Waals surface area contributed by atoms with Crippen LogP contribution in [0.1, 0.15) is 54.6 Å². The van der Waals surface area contributed by atoms with E-state index in [1.165, 1.54) is 4.68 Å². The van der Waals surface area contributed by atoms with Crippen molar-refractivity contribution in [3.63, 3.8) is 0 Å². The lowest BCUT2D eigenvalue weighted by molar-refractivity contribution is -0.142. The maximum absolute atomic E-state index is 13.2. The predicted octanol–water partition coefficient (Wildman–Crippen LogP) is 3.94. The van der Waals surface area contributed by atoms with Crippen molar-refractivity contribution in [1.29, 1.82) is 0 Å². The molecule has 0 saturated heterocycles. The minimum absolute atomic E-state index is 0.0327. The molecule has 7 heteroatoms. The molecule has 25 heavy (non-hydrogen) atoms. The second-order valence-corrected chi connectivity index (χ2v) is 6.57. The summed E-state index contributed by atoms with van der Waals surface area (Å²) in [5.74, 6) is -0.157. The smallest absolute Gasteiger partial charge is 0.298 e. The number of ketones is 1. The second-order valence-electron chi connectivity index (χ2n) is 6.57. The van der Waals surface area contributed by atoms with E-state index in [2.05, 4.69) is 10.1 Å². The number of alkyl halides is 3. The van der Waals surface area contributed by atoms with E-state index < -0.39 is 11.9 Å². The van der Waals surface area contributed by atoms with Crippen molar-refractivity contribution < 1.29 is 18.0 Å². The van der Waals surface area contributed by atoms with Crippen molar-refractivity contribution in [2.45, 2.75) is 57.7 Å². The summed E-state index contributed by atoms with van der Waals surface area (Å²) >= 11 is 0. The molecule has 134 valence electrons. The molecule has 1 atom stereocenters. The summed E-state index contributed by atoms with van der Waals surface area (Å²) in [5, 5.41) is 3.74. The van der Waals surface area contributed by atoms with Crippen molar-refractivity contribution in [3.8, 4) is 0 Å². The highest BCUT2D eigenvalue weighted by atomic mass is 19.4. The topological polar surface area (TPSA) is 47.8 Å². The normalized spacial score (nSPS) is 15.7. The summed E-state index contributed by atoms with van der Waals surface area (Å²) < 4.78 is 40.8. The average Bonchev–Trinajstić information content (AvgIpc) is 2.94. The third kappa shape index (κ3) is 3.91. The van der Waals surface area contributed by atoms with Crippen LogP contribution in [0.15, 0.2) is 24.5 Å². The van der Waals surface area contributed by atoms with Crippen LogP contribution in [0.2, 0.25) is 0 Å². The van der Waals surface area contributed by atoms with Gasteiger partial charge in [-0.25, -0.2) is 0 Å². The van der Waals surface area contributed by atoms with E-state index in [-0.39, 0.29) is 30.2 Å². The molecule has 4 nitrogen and oxygen atoms in total. The van der Waals surface area contributed by atoms with Crippen molar-refractivity contribution >= 4 is 5.78 Å². The molecule has 0 aliphatic heterocycles. The number of halogens is 3. The first-order chi connectivity index (χ1) is 11.9. The molecule has 2 aromatic rings. The number of hydrogen-bond acceptors (Lipinski definition) is 3. The standard InChI is InChI=1S/C18H20F3N3O/c1-12(13-5-4-8-22-10-13)9-14(25)11-24-16-7-3-2-6-15(16)17(23-24)18(19,20)21/h4-5,8,10,12H,2-3,6-7,9,11H2,1H3. The van der Waals surface area contributed by atoms with Gasteiger partial charge in [0.05, 0.1) is 6.54 Å². The zero-order chi connectivity index (χ0) is 18.0. The molecule has 0 spiro atoms. The Bertz CT molecular complexity index is 753. The van der Waals surface area contributed by atoms with Crippen LogP contribution in [0.3, 0.4) is 0 Å². The van der Waals surface area contributed by atoms with Gasteiger partial charge in [0, 0.05) is 30.1 Å². The number of carbonyl (C=O) groups excluding carboxylic acids is 1. The maximum Gasteiger partial charge on any atom is 0.435 e. The lowest BCUT2D eigenvalue weighted by atomic mass is 9.95. The van der Waals surface area contributed by atoms with Gasteiger partial charge in [-0.1, -0.05) is 13.0 Å². The lowest BCUT2D eigenvalue weighted by Crippen LogP contribution is -2.17. The van der Waals surface area contributed by atoms with Gasteiger partial charge < -0.3 is 0 Å². The molecule has 0 fully saturated rings. The van der Waals surface area contributed by atoms with E-state index in [4.69, 9.17) is 0 Å². The average molecular weight is 351 g/mol. The highest BCUT2D eigenvalue weighted by molar-refractivity contribution is 5.79. The maximum atomic E-state index is 13.2. The summed E-state index contributed by atoms with van der Waals surface area (Å²) in [7, 11) is 0. The van der Waals surface area contributed by atoms with Crippen molar-refractivity contribution in [3.05, 3.63) is 47.0 Å². The second kappa shape index (κ2) is 6.98. The minimum Gasteiger partial charge on any atom is -0.298 e. The number of rotatable bonds is 5. The van der Waals surface area contributed by atoms with Crippen LogP contribution in [0.25, 0.3) is 0 Å². The highest BCUT2D eigenvalue weighted by Crippen LogP contribution is 2.35. The molecular formula is C18H20F3N3O. The summed E-state index contributed by atoms with van der Waals surface area (Å²) in [6.07, 6.45) is 1.63. The van der Waals surface area contributed by atoms with Gasteiger partial charge in [0.15, 0.2) is 11.5 Å². The van der Waals surface area contributed by atoms with Crippen LogP contribution < -0.4 is 0 Å². The Morgan fingerprint density at radius 1 is 1.32 bits per heavy atom. The van der Waals surface area contributed by atoms with Gasteiger partial charge in [0.2, 0.25) is 0 Å². The molecular weight excluding hydrogens is 331 g/mol. The first kappa shape index (κ1) is 17.6. The number of fused-ring (bicyclic) bond motifs is 1. The van der Waals surface area contributed by atoms with E-state index in [9.17, 15) is 18.0 Å². The van der Waals surface area contributed by atoms with Crippen LogP contribution in [0, 0.1) is 0 Å². The molecule has 0 aromatic carbocycles. The fraction of sp³-hybridized carbons (Fsp3) is 0.500. The molecule has 0 saturated carbocycles. The number of Topliss-reactive ketones (excluding diaryl/α,β-unsaturated/α-hetero) is 1. The van der Waals surface area contributed by atoms with Gasteiger partial charge in [-0.2, -0.15) is 18.3 Å². The summed E-state index contributed by atoms with van der Waals surface area (Å²) in [6.45, 7) is 1.80. The quantitative estimate of drug-likeness (QED) is 0.820. The lowest BCUT2D eigenvalue weighted by Gasteiger charge is -2.15. The molecule has 0 amide bonds. The Hall–Kier alpha value is -2.18. The highest BCUT2D eigenvalue weighted by Gasteiger charge is 2.39. The van der Waals surface area contributed by atoms with Crippen LogP contribution in [0.5, 0.6) is 0 Å². The van der Waals surface area contributed by atoms with E-state index in [0.29, 0.717) is 18.5 Å². The monoisotopic (exact) mass is 351 g/mol. The SMILES string of the molecule is CC(CC(=O)Cn1nc(C(F)(F)F)c2c1CCCC2)c1cccnc1. The van der Waals surface area contributed by atoms with E-state index in [1.807, 2.05) is 13.0 Å². The number of aromatic nitrogens is 3. The summed E-state index contributed by atoms with van der Waals surface area (Å²) in [6, 6.07) is 3.69. The summed E-state index contributed by atoms with van der Waals surface area (Å²) in [4.78, 5) is 16.4. The Kier molecular flexibility index (Phi) is 4.92. The van der Waals surface area contributed by atoms with Crippen molar-refractivity contribution in [2.75, 3.05) is 0 Å². The molecule has 0 N–H and O–H groups in total. The van der Waals surface area contributed by atoms with Crippen LogP contribution in [-0.2, 0) is 30.4 Å². The van der Waals surface area contributed by atoms with Gasteiger partial charge >= 0.3 is 6.18 Å². The van der Waals surface area contributed by atoms with E-state index in [1.54, 1.807) is 18.5 Å². The molecule has 2 heterocycles. The van der Waals surface area contributed by atoms with Gasteiger partial charge in [0.1, 0.15) is 0 Å². The fourth-order valence-electron chi connectivity index (χ4n) is 3.39. The molecule has 0 bridgehead atoms. The Balaban J connectivity index is 1.76.